The van der Waals surface area contributed by atoms with Gasteiger partial charge < -0.3 is 108 Å². The number of amides is 4. The summed E-state index contributed by atoms with van der Waals surface area (Å²) in [6.07, 6.45) is -0.240. The number of aliphatic carboxylic acids is 4. The van der Waals surface area contributed by atoms with E-state index < -0.39 is 114 Å². The Morgan fingerprint density at radius 3 is 1.29 bits per heavy atom. The molecule has 1 aliphatic rings. The molecule has 524 valence electrons. The molecule has 4 aromatic rings. The third kappa shape index (κ3) is 32.9. The first-order valence-electron chi connectivity index (χ1n) is 28.7. The van der Waals surface area contributed by atoms with Crippen molar-refractivity contribution in [2.24, 2.45) is 0 Å². The van der Waals surface area contributed by atoms with Crippen LogP contribution in [0.5, 0.6) is 23.0 Å². The van der Waals surface area contributed by atoms with Crippen LogP contribution in [0, 0.1) is 19.3 Å². The fourth-order valence-electron chi connectivity index (χ4n) is 6.94. The predicted octanol–water partition coefficient (Wildman–Crippen LogP) is 8.41. The smallest absolute Gasteiger partial charge is 0.408 e. The van der Waals surface area contributed by atoms with Crippen molar-refractivity contribution in [2.75, 3.05) is 54.6 Å². The van der Waals surface area contributed by atoms with Gasteiger partial charge in [-0.15, -0.1) is 0 Å². The highest BCUT2D eigenvalue weighted by molar-refractivity contribution is 5.83. The Morgan fingerprint density at radius 2 is 0.937 bits per heavy atom. The number of rotatable bonds is 23. The molecule has 0 saturated heterocycles. The number of anilines is 5. The number of nitrogens with two attached hydrogens (primary N) is 4. The molecular formula is C61H84F3N11O20. The van der Waals surface area contributed by atoms with E-state index in [0.29, 0.717) is 28.6 Å². The number of nitrogens with one attached hydrogen (secondary N) is 5. The van der Waals surface area contributed by atoms with Crippen molar-refractivity contribution in [2.45, 2.75) is 162 Å². The molecule has 1 saturated carbocycles. The largest absolute Gasteiger partial charge is 0.489 e. The van der Waals surface area contributed by atoms with Crippen LogP contribution in [0.25, 0.3) is 4.85 Å². The van der Waals surface area contributed by atoms with Crippen LogP contribution in [-0.2, 0) is 38.1 Å². The Kier molecular flexibility index (Phi) is 30.4. The number of pyridine rings is 1. The first-order valence-corrected chi connectivity index (χ1v) is 28.7. The van der Waals surface area contributed by atoms with Gasteiger partial charge in [-0.1, -0.05) is 6.07 Å². The van der Waals surface area contributed by atoms with E-state index in [0.717, 1.165) is 36.7 Å². The maximum Gasteiger partial charge on any atom is 0.408 e. The van der Waals surface area contributed by atoms with Gasteiger partial charge in [-0.3, -0.25) is 0 Å². The number of benzene rings is 3. The van der Waals surface area contributed by atoms with Crippen LogP contribution >= 0.6 is 0 Å². The molecule has 0 unspecified atom stereocenters. The Balaban J connectivity index is 0.000000432. The zero-order valence-corrected chi connectivity index (χ0v) is 54.6. The number of hydrogen-bond donors (Lipinski definition) is 13. The van der Waals surface area contributed by atoms with Gasteiger partial charge in [0.05, 0.1) is 35.5 Å². The molecule has 1 heterocycles. The standard InChI is InChI=1S/C17H24N2O5.C16H21N3O5.C15H20F2N2O6.C13H19FN4O4/c1-17(2,3)24-16(22)19-13(15(20)21)9-23-14-8-11(10-4-5-10)6-7-12(14)18;1-9-6-13(10(17)7-11(9)18-5)23-8-12(14(20)21)19-15(22)24-16(2,3)4;1-15(2,3)25-14(22)19-10(12(20)21)7-23-11-6-8(24-13(16)17)4-5-9(11)18;1-13(2,3)22-12(21)18-9(11(19)20)6-17-10-8(15)4-7(14)5-16-10/h6-8,10,13H,4-5,9,18H2,1-3H3,(H,19,22)(H,20,21);6-7,12H,8,17H2,1-4H3,(H,19,22)(H,20,21);4-6,10,13H,7,18H2,1-3H3,(H,19,22)(H,20,21);4-5,9H,6,15H2,1-3H3,(H,16,17)(H,18,21)(H,19,20)/t13-;12-;10-;9-/m0000/s1. The van der Waals surface area contributed by atoms with Gasteiger partial charge >= 0.3 is 54.9 Å². The van der Waals surface area contributed by atoms with Crippen LogP contribution in [0.2, 0.25) is 0 Å². The van der Waals surface area contributed by atoms with E-state index in [4.69, 9.17) is 72.9 Å². The number of carbonyl (C=O) groups excluding carboxylic acids is 4. The summed E-state index contributed by atoms with van der Waals surface area (Å²) in [6, 6.07) is 7.92. The lowest BCUT2D eigenvalue weighted by molar-refractivity contribution is -0.141. The molecule has 0 spiro atoms. The zero-order chi connectivity index (χ0) is 72.5. The van der Waals surface area contributed by atoms with Crippen LogP contribution in [0.4, 0.5) is 66.6 Å². The summed E-state index contributed by atoms with van der Waals surface area (Å²) in [5.74, 6) is -4.66. The number of hydrogen-bond acceptors (Lipinski definition) is 22. The molecule has 17 N–H and O–H groups in total. The minimum atomic E-state index is -3.03. The number of nitrogen functional groups attached to an aromatic ring is 4. The van der Waals surface area contributed by atoms with E-state index in [1.165, 1.54) is 18.2 Å². The molecule has 31 nitrogen and oxygen atoms in total. The second-order valence-corrected chi connectivity index (χ2v) is 24.5. The SMILES string of the molecule is CC(C)(C)OC(=O)N[C@@H](CNc1ncc(F)cc1N)C(=O)O.CC(C)(C)OC(=O)N[C@@H](COc1cc(C2CC2)ccc1N)C(=O)O.CC(C)(C)OC(=O)N[C@@H](COc1cc(OC(F)F)ccc1N)C(=O)O.[C-]#[N+]c1cc(N)c(OC[C@H](NC(=O)OC(C)(C)C)C(=O)O)cc1C. The van der Waals surface area contributed by atoms with Crippen molar-refractivity contribution in [1.29, 1.82) is 0 Å². The maximum atomic E-state index is 12.9. The van der Waals surface area contributed by atoms with Crippen molar-refractivity contribution in [3.05, 3.63) is 89.2 Å². The number of carbonyl (C=O) groups is 8. The number of alkyl carbamates (subject to hydrolysis) is 4. The van der Waals surface area contributed by atoms with Crippen molar-refractivity contribution < 1.29 is 110 Å². The minimum Gasteiger partial charge on any atom is -0.489 e. The summed E-state index contributed by atoms with van der Waals surface area (Å²) in [6.45, 7) is 24.3. The van der Waals surface area contributed by atoms with Crippen LogP contribution < -0.4 is 68.5 Å². The van der Waals surface area contributed by atoms with Crippen LogP contribution in [0.3, 0.4) is 0 Å². The lowest BCUT2D eigenvalue weighted by Crippen LogP contribution is -2.47. The van der Waals surface area contributed by atoms with E-state index in [-0.39, 0.29) is 59.9 Å². The number of nitrogens with zero attached hydrogens (tertiary/aromatic N) is 2. The Labute approximate surface area is 545 Å². The Bertz CT molecular complexity index is 3340. The Morgan fingerprint density at radius 1 is 0.558 bits per heavy atom. The van der Waals surface area contributed by atoms with E-state index in [1.54, 1.807) is 102 Å². The molecule has 5 rings (SSSR count). The molecule has 34 heteroatoms. The van der Waals surface area contributed by atoms with Crippen LogP contribution in [0.15, 0.2) is 60.8 Å². The molecule has 95 heavy (non-hydrogen) atoms. The number of halogens is 3. The van der Waals surface area contributed by atoms with Crippen molar-refractivity contribution in [1.82, 2.24) is 26.3 Å². The van der Waals surface area contributed by atoms with Crippen LogP contribution in [0.1, 0.15) is 113 Å². The van der Waals surface area contributed by atoms with Crippen molar-refractivity contribution in [3.8, 4) is 23.0 Å². The average molecular weight is 1350 g/mol. The van der Waals surface area contributed by atoms with Gasteiger partial charge in [-0.25, -0.2) is 52.6 Å². The third-order valence-corrected chi connectivity index (χ3v) is 11.3. The topological polar surface area (TPSA) is 473 Å². The summed E-state index contributed by atoms with van der Waals surface area (Å²) < 4.78 is 77.7. The summed E-state index contributed by atoms with van der Waals surface area (Å²) in [4.78, 5) is 98.6. The highest BCUT2D eigenvalue weighted by atomic mass is 19.3. The fourth-order valence-corrected chi connectivity index (χ4v) is 6.94. The number of ether oxygens (including phenoxy) is 8. The molecule has 4 atom stereocenters. The zero-order valence-electron chi connectivity index (χ0n) is 54.6. The first-order chi connectivity index (χ1) is 43.7. The molecule has 1 aliphatic carbocycles. The average Bonchev–Trinajstić information content (AvgIpc) is 1.81. The van der Waals surface area contributed by atoms with Gasteiger partial charge in [-0.05, 0) is 156 Å². The van der Waals surface area contributed by atoms with Gasteiger partial charge in [0.1, 0.15) is 82.9 Å². The number of aryl methyl sites for hydroxylation is 1. The second kappa shape index (κ2) is 35.9. The highest BCUT2D eigenvalue weighted by Crippen LogP contribution is 2.42. The lowest BCUT2D eigenvalue weighted by Gasteiger charge is -2.22. The molecule has 1 aromatic heterocycles. The highest BCUT2D eigenvalue weighted by Gasteiger charge is 2.30. The molecule has 4 amide bonds. The van der Waals surface area contributed by atoms with Crippen molar-refractivity contribution in [3.63, 3.8) is 0 Å². The Hall–Kier alpha value is -10.8. The normalized spacial score (nSPS) is 13.1. The van der Waals surface area contributed by atoms with E-state index in [9.17, 15) is 61.7 Å². The van der Waals surface area contributed by atoms with Gasteiger partial charge in [0, 0.05) is 18.7 Å². The number of carboxylic acids is 4. The van der Waals surface area contributed by atoms with E-state index >= 15 is 0 Å². The van der Waals surface area contributed by atoms with Crippen LogP contribution in [-0.4, -0.2) is 153 Å². The molecule has 0 aliphatic heterocycles. The summed E-state index contributed by atoms with van der Waals surface area (Å²) >= 11 is 0. The van der Waals surface area contributed by atoms with Gasteiger partial charge in [0.15, 0.2) is 23.8 Å². The van der Waals surface area contributed by atoms with E-state index in [2.05, 4.69) is 41.1 Å². The number of carboxylic acid groups (broad SMARTS) is 4. The summed E-state index contributed by atoms with van der Waals surface area (Å²) in [7, 11) is 0. The van der Waals surface area contributed by atoms with Gasteiger partial charge in [0.25, 0.3) is 0 Å². The van der Waals surface area contributed by atoms with E-state index in [1.807, 2.05) is 12.1 Å². The minimum absolute atomic E-state index is 0.0291. The molecular weight excluding hydrogens is 1260 g/mol. The van der Waals surface area contributed by atoms with Gasteiger partial charge in [-0.2, -0.15) is 8.78 Å². The maximum absolute atomic E-state index is 12.9. The quantitative estimate of drug-likeness (QED) is 0.0188. The fraction of sp³-hybridized carbons (Fsp3) is 0.475. The second-order valence-electron chi connectivity index (χ2n) is 24.5. The third-order valence-electron chi connectivity index (χ3n) is 11.3. The molecule has 0 bridgehead atoms. The molecule has 3 aromatic carbocycles. The lowest BCUT2D eigenvalue weighted by atomic mass is 10.1. The summed E-state index contributed by atoms with van der Waals surface area (Å²) in [5.41, 5.74) is 22.8. The van der Waals surface area contributed by atoms with Gasteiger partial charge in [0.2, 0.25) is 0 Å². The first kappa shape index (κ1) is 80.3. The van der Waals surface area contributed by atoms with Crippen molar-refractivity contribution >= 4 is 82.5 Å². The molecule has 1 fully saturated rings. The summed E-state index contributed by atoms with van der Waals surface area (Å²) in [5, 5.41) is 48.1. The monoisotopic (exact) mass is 1350 g/mol. The number of aromatic nitrogens is 1. The predicted molar refractivity (Wildman–Crippen MR) is 339 cm³/mol. The molecule has 0 radical (unpaired) electrons. The number of alkyl halides is 2.